The number of aliphatic hydroxyl groups is 1. The Balaban J connectivity index is 1.36. The first-order valence-electron chi connectivity index (χ1n) is 10.1. The van der Waals surface area contributed by atoms with Crippen LogP contribution in [0.4, 0.5) is 5.69 Å². The van der Waals surface area contributed by atoms with E-state index in [9.17, 15) is 14.7 Å². The molecule has 2 aliphatic heterocycles. The summed E-state index contributed by atoms with van der Waals surface area (Å²) in [5.41, 5.74) is 2.49. The third-order valence-electron chi connectivity index (χ3n) is 5.83. The van der Waals surface area contributed by atoms with Crippen molar-refractivity contribution in [2.45, 2.75) is 25.4 Å². The van der Waals surface area contributed by atoms with E-state index < -0.39 is 5.60 Å². The molecule has 1 atom stereocenters. The van der Waals surface area contributed by atoms with Gasteiger partial charge < -0.3 is 15.3 Å². The van der Waals surface area contributed by atoms with Crippen LogP contribution in [0.1, 0.15) is 34.8 Å². The van der Waals surface area contributed by atoms with Crippen molar-refractivity contribution in [1.29, 1.82) is 0 Å². The molecule has 2 amide bonds. The van der Waals surface area contributed by atoms with Crippen molar-refractivity contribution in [2.75, 3.05) is 38.0 Å². The summed E-state index contributed by atoms with van der Waals surface area (Å²) in [4.78, 5) is 28.5. The molecule has 0 bridgehead atoms. The van der Waals surface area contributed by atoms with Crippen LogP contribution in [-0.4, -0.2) is 59.4 Å². The van der Waals surface area contributed by atoms with E-state index in [1.54, 1.807) is 6.07 Å². The van der Waals surface area contributed by atoms with Crippen molar-refractivity contribution >= 4 is 17.5 Å². The highest BCUT2D eigenvalue weighted by Gasteiger charge is 2.29. The quantitative estimate of drug-likeness (QED) is 0.836. The highest BCUT2D eigenvalue weighted by Crippen LogP contribution is 2.25. The minimum Gasteiger partial charge on any atom is -0.384 e. The Morgan fingerprint density at radius 3 is 2.52 bits per heavy atom. The van der Waals surface area contributed by atoms with Crippen molar-refractivity contribution in [3.05, 3.63) is 65.2 Å². The summed E-state index contributed by atoms with van der Waals surface area (Å²) in [5.74, 6) is 0.0539. The second-order valence-electron chi connectivity index (χ2n) is 8.13. The number of nitrogens with one attached hydrogen (secondary N) is 1. The Labute approximate surface area is 171 Å². The molecule has 2 N–H and O–H groups in total. The maximum Gasteiger partial charge on any atom is 0.253 e. The Kier molecular flexibility index (Phi) is 5.39. The lowest BCUT2D eigenvalue weighted by molar-refractivity contribution is -0.116. The van der Waals surface area contributed by atoms with Gasteiger partial charge in [0.1, 0.15) is 0 Å². The average molecular weight is 393 g/mol. The number of carbonyl (C=O) groups is 2. The van der Waals surface area contributed by atoms with Crippen LogP contribution in [0.5, 0.6) is 0 Å². The molecule has 6 heteroatoms. The fraction of sp³-hybridized carbons (Fsp3) is 0.391. The number of hydrogen-bond donors (Lipinski definition) is 2. The molecule has 0 spiro atoms. The number of β-amino-alcohol motifs (C(OH)–C–C–N with tert-alkyl or cyclic N) is 1. The van der Waals surface area contributed by atoms with Crippen molar-refractivity contribution < 1.29 is 14.7 Å². The molecule has 6 nitrogen and oxygen atoms in total. The first kappa shape index (κ1) is 19.6. The molecule has 1 unspecified atom stereocenters. The summed E-state index contributed by atoms with van der Waals surface area (Å²) >= 11 is 0. The molecular formula is C23H27N3O3. The van der Waals surface area contributed by atoms with Crippen LogP contribution in [0.25, 0.3) is 0 Å². The van der Waals surface area contributed by atoms with Gasteiger partial charge in [0.25, 0.3) is 5.91 Å². The molecule has 0 aromatic heterocycles. The normalized spacial score (nSPS) is 19.2. The molecule has 29 heavy (non-hydrogen) atoms. The first-order valence-corrected chi connectivity index (χ1v) is 10.1. The van der Waals surface area contributed by atoms with Gasteiger partial charge in [0, 0.05) is 50.4 Å². The molecule has 2 heterocycles. The number of anilines is 1. The van der Waals surface area contributed by atoms with Gasteiger partial charge in [-0.25, -0.2) is 0 Å². The second-order valence-corrected chi connectivity index (χ2v) is 8.13. The van der Waals surface area contributed by atoms with Gasteiger partial charge in [-0.15, -0.1) is 0 Å². The molecule has 2 aromatic carbocycles. The van der Waals surface area contributed by atoms with Gasteiger partial charge in [-0.3, -0.25) is 14.5 Å². The summed E-state index contributed by atoms with van der Waals surface area (Å²) in [6.07, 6.45) is 1.13. The van der Waals surface area contributed by atoms with E-state index in [-0.39, 0.29) is 11.8 Å². The molecule has 2 aliphatic rings. The van der Waals surface area contributed by atoms with Crippen molar-refractivity contribution in [1.82, 2.24) is 9.80 Å². The van der Waals surface area contributed by atoms with E-state index in [0.29, 0.717) is 38.0 Å². The number of piperazine rings is 1. The van der Waals surface area contributed by atoms with Crippen molar-refractivity contribution in [3.63, 3.8) is 0 Å². The summed E-state index contributed by atoms with van der Waals surface area (Å²) in [5, 5.41) is 13.7. The maximum absolute atomic E-state index is 12.9. The largest absolute Gasteiger partial charge is 0.384 e. The van der Waals surface area contributed by atoms with Gasteiger partial charge in [-0.2, -0.15) is 0 Å². The fourth-order valence-electron chi connectivity index (χ4n) is 4.13. The van der Waals surface area contributed by atoms with E-state index in [1.165, 1.54) is 0 Å². The molecule has 152 valence electrons. The van der Waals surface area contributed by atoms with Crippen molar-refractivity contribution in [2.24, 2.45) is 0 Å². The third-order valence-corrected chi connectivity index (χ3v) is 5.83. The number of fused-ring (bicyclic) bond motifs is 1. The van der Waals surface area contributed by atoms with Gasteiger partial charge in [-0.1, -0.05) is 30.3 Å². The Bertz CT molecular complexity index is 903. The van der Waals surface area contributed by atoms with E-state index in [0.717, 1.165) is 29.9 Å². The Morgan fingerprint density at radius 1 is 1.07 bits per heavy atom. The van der Waals surface area contributed by atoms with E-state index in [1.807, 2.05) is 54.3 Å². The monoisotopic (exact) mass is 393 g/mol. The van der Waals surface area contributed by atoms with Crippen LogP contribution < -0.4 is 5.32 Å². The molecule has 1 fully saturated rings. The Hall–Kier alpha value is -2.70. The van der Waals surface area contributed by atoms with E-state index in [4.69, 9.17) is 0 Å². The van der Waals surface area contributed by atoms with Crippen LogP contribution in [0.15, 0.2) is 48.5 Å². The van der Waals surface area contributed by atoms with Crippen LogP contribution in [0.2, 0.25) is 0 Å². The molecule has 0 aliphatic carbocycles. The summed E-state index contributed by atoms with van der Waals surface area (Å²) in [6, 6.07) is 15.2. The lowest BCUT2D eigenvalue weighted by Crippen LogP contribution is -2.51. The molecule has 4 rings (SSSR count). The number of amides is 2. The van der Waals surface area contributed by atoms with Crippen LogP contribution >= 0.6 is 0 Å². The van der Waals surface area contributed by atoms with E-state index in [2.05, 4.69) is 10.2 Å². The molecule has 0 saturated carbocycles. The summed E-state index contributed by atoms with van der Waals surface area (Å²) in [6.45, 7) is 5.11. The number of carbonyl (C=O) groups excluding carboxylic acids is 2. The van der Waals surface area contributed by atoms with Crippen LogP contribution in [0, 0.1) is 0 Å². The lowest BCUT2D eigenvalue weighted by Gasteiger charge is -2.38. The van der Waals surface area contributed by atoms with Gasteiger partial charge in [0.15, 0.2) is 0 Å². The van der Waals surface area contributed by atoms with Crippen LogP contribution in [0.3, 0.4) is 0 Å². The van der Waals surface area contributed by atoms with Gasteiger partial charge in [-0.05, 0) is 42.7 Å². The summed E-state index contributed by atoms with van der Waals surface area (Å²) < 4.78 is 0. The maximum atomic E-state index is 12.9. The number of aryl methyl sites for hydroxylation is 1. The third kappa shape index (κ3) is 4.33. The van der Waals surface area contributed by atoms with Gasteiger partial charge in [0.05, 0.1) is 5.60 Å². The molecule has 0 radical (unpaired) electrons. The number of nitrogens with zero attached hydrogens (tertiary/aromatic N) is 2. The van der Waals surface area contributed by atoms with Gasteiger partial charge in [0.2, 0.25) is 5.91 Å². The molecular weight excluding hydrogens is 366 g/mol. The molecule has 1 saturated heterocycles. The lowest BCUT2D eigenvalue weighted by atomic mass is 9.95. The smallest absolute Gasteiger partial charge is 0.253 e. The Morgan fingerprint density at radius 2 is 1.79 bits per heavy atom. The van der Waals surface area contributed by atoms with Gasteiger partial charge >= 0.3 is 0 Å². The minimum absolute atomic E-state index is 0.0269. The number of rotatable bonds is 4. The van der Waals surface area contributed by atoms with Crippen LogP contribution in [-0.2, 0) is 16.8 Å². The summed E-state index contributed by atoms with van der Waals surface area (Å²) in [7, 11) is 0. The fourth-order valence-corrected chi connectivity index (χ4v) is 4.13. The predicted molar refractivity (Wildman–Crippen MR) is 112 cm³/mol. The predicted octanol–water partition coefficient (Wildman–Crippen LogP) is 2.24. The molecule has 2 aromatic rings. The zero-order chi connectivity index (χ0) is 20.4. The topological polar surface area (TPSA) is 72.9 Å². The standard InChI is InChI=1S/C23H27N3O3/c1-23(29,19-5-3-2-4-6-19)16-25-11-13-26(14-12-25)22(28)18-7-9-20-17(15-18)8-10-21(27)24-20/h2-7,9,15,29H,8,10-14,16H2,1H3,(H,24,27). The average Bonchev–Trinajstić information content (AvgIpc) is 2.74. The number of hydrogen-bond acceptors (Lipinski definition) is 4. The SMILES string of the molecule is CC(O)(CN1CCN(C(=O)c2ccc3c(c2)CCC(=O)N3)CC1)c1ccccc1. The second kappa shape index (κ2) is 7.97. The van der Waals surface area contributed by atoms with Crippen molar-refractivity contribution in [3.8, 4) is 0 Å². The van der Waals surface area contributed by atoms with E-state index >= 15 is 0 Å². The zero-order valence-electron chi connectivity index (χ0n) is 16.7. The number of benzene rings is 2. The first-order chi connectivity index (χ1) is 13.9. The highest BCUT2D eigenvalue weighted by molar-refractivity contribution is 5.98. The minimum atomic E-state index is -0.920. The highest BCUT2D eigenvalue weighted by atomic mass is 16.3. The zero-order valence-corrected chi connectivity index (χ0v) is 16.7.